The Balaban J connectivity index is 1.40. The number of hydrogen-bond donors (Lipinski definition) is 1. The number of hydrogen-bond acceptors (Lipinski definition) is 4. The van der Waals surface area contributed by atoms with Gasteiger partial charge in [0.15, 0.2) is 0 Å². The van der Waals surface area contributed by atoms with Crippen molar-refractivity contribution in [2.75, 3.05) is 13.1 Å². The maximum atomic E-state index is 13.4. The van der Waals surface area contributed by atoms with Gasteiger partial charge in [0.1, 0.15) is 6.61 Å². The molecule has 43 heavy (non-hydrogen) atoms. The van der Waals surface area contributed by atoms with Crippen LogP contribution in [0.1, 0.15) is 51.0 Å². The van der Waals surface area contributed by atoms with E-state index in [9.17, 15) is 9.59 Å². The van der Waals surface area contributed by atoms with Gasteiger partial charge in [-0.3, -0.25) is 9.78 Å². The second-order valence-corrected chi connectivity index (χ2v) is 11.3. The molecule has 0 aliphatic rings. The largest absolute Gasteiger partial charge is 0.445 e. The Kier molecular flexibility index (Phi) is 9.90. The molecule has 0 atom stereocenters. The number of pyridine rings is 1. The van der Waals surface area contributed by atoms with Crippen LogP contribution in [-0.2, 0) is 24.2 Å². The van der Waals surface area contributed by atoms with Crippen molar-refractivity contribution in [2.45, 2.75) is 46.1 Å². The number of amides is 1. The van der Waals surface area contributed by atoms with Crippen LogP contribution in [0, 0.1) is 13.8 Å². The average Bonchev–Trinajstić information content (AvgIpc) is 3.38. The Labute approximate surface area is 257 Å². The predicted octanol–water partition coefficient (Wildman–Crippen LogP) is 8.43. The topological polar surface area (TPSA) is 75.3 Å². The number of unbranched alkanes of at least 4 members (excludes halogenated alkanes) is 1. The smallest absolute Gasteiger partial charge is 0.410 e. The fourth-order valence-electron chi connectivity index (χ4n) is 5.53. The van der Waals surface area contributed by atoms with E-state index in [0.29, 0.717) is 25.1 Å². The van der Waals surface area contributed by atoms with E-state index >= 15 is 0 Å². The summed E-state index contributed by atoms with van der Waals surface area (Å²) in [4.78, 5) is 34.9. The van der Waals surface area contributed by atoms with E-state index in [0.717, 1.165) is 63.7 Å². The molecule has 5 rings (SSSR count). The number of benzene rings is 3. The molecule has 0 aliphatic heterocycles. The van der Waals surface area contributed by atoms with Gasteiger partial charge in [-0.15, -0.1) is 0 Å². The first-order valence-electron chi connectivity index (χ1n) is 14.6. The molecule has 0 aliphatic carbocycles. The molecule has 6 nitrogen and oxygen atoms in total. The summed E-state index contributed by atoms with van der Waals surface area (Å²) in [5.74, 6) is 0. The Morgan fingerprint density at radius 3 is 2.30 bits per heavy atom. The van der Waals surface area contributed by atoms with Crippen molar-refractivity contribution in [1.82, 2.24) is 14.9 Å². The molecule has 2 aromatic heterocycles. The molecule has 0 bridgehead atoms. The minimum atomic E-state index is -0.498. The lowest BCUT2D eigenvalue weighted by Gasteiger charge is -2.23. The Morgan fingerprint density at radius 1 is 0.837 bits per heavy atom. The second kappa shape index (κ2) is 14.2. The molecule has 5 aromatic rings. The predicted molar refractivity (Wildman–Crippen MR) is 172 cm³/mol. The fourth-order valence-corrected chi connectivity index (χ4v) is 5.65. The fraction of sp³-hybridized carbons (Fsp3) is 0.250. The summed E-state index contributed by atoms with van der Waals surface area (Å²) in [5, 5.41) is 0.429. The number of rotatable bonds is 12. The third-order valence-corrected chi connectivity index (χ3v) is 7.85. The van der Waals surface area contributed by atoms with Crippen LogP contribution in [0.2, 0.25) is 0 Å². The third-order valence-electron chi connectivity index (χ3n) is 7.63. The molecule has 0 fully saturated rings. The lowest BCUT2D eigenvalue weighted by Crippen LogP contribution is -2.34. The summed E-state index contributed by atoms with van der Waals surface area (Å²) < 4.78 is 5.77. The standard InChI is InChI=1S/C36H36ClN3O3/c1-25-20-26(2)22-30(21-25)34-31(32-23-29(35(37)41)11-12-33(32)39-34)15-19-40(18-7-6-8-27-13-16-38-17-14-27)36(42)43-24-28-9-4-3-5-10-28/h3-5,9-14,16-17,20-23,39H,6-8,15,18-19,24H2,1-2H3. The molecule has 7 heteroatoms. The van der Waals surface area contributed by atoms with E-state index in [1.807, 2.05) is 54.6 Å². The van der Waals surface area contributed by atoms with Gasteiger partial charge in [0.05, 0.1) is 0 Å². The van der Waals surface area contributed by atoms with E-state index in [1.54, 1.807) is 23.4 Å². The van der Waals surface area contributed by atoms with Crippen molar-refractivity contribution in [3.8, 4) is 11.3 Å². The summed E-state index contributed by atoms with van der Waals surface area (Å²) in [5.41, 5.74) is 8.95. The van der Waals surface area contributed by atoms with E-state index in [1.165, 1.54) is 5.56 Å². The minimum absolute atomic E-state index is 0.218. The van der Waals surface area contributed by atoms with Gasteiger partial charge >= 0.3 is 6.09 Å². The van der Waals surface area contributed by atoms with E-state index in [4.69, 9.17) is 16.3 Å². The highest BCUT2D eigenvalue weighted by molar-refractivity contribution is 6.67. The van der Waals surface area contributed by atoms with Gasteiger partial charge in [-0.25, -0.2) is 4.79 Å². The molecule has 0 unspecified atom stereocenters. The van der Waals surface area contributed by atoms with Gasteiger partial charge in [0, 0.05) is 47.6 Å². The van der Waals surface area contributed by atoms with Crippen LogP contribution in [-0.4, -0.2) is 39.3 Å². The van der Waals surface area contributed by atoms with Crippen LogP contribution < -0.4 is 0 Å². The minimum Gasteiger partial charge on any atom is -0.445 e. The van der Waals surface area contributed by atoms with Crippen molar-refractivity contribution in [3.63, 3.8) is 0 Å². The van der Waals surface area contributed by atoms with Crippen LogP contribution in [0.25, 0.3) is 22.2 Å². The molecule has 1 N–H and O–H groups in total. The van der Waals surface area contributed by atoms with E-state index in [-0.39, 0.29) is 12.7 Å². The zero-order chi connectivity index (χ0) is 30.2. The first kappa shape index (κ1) is 30.1. The van der Waals surface area contributed by atoms with Gasteiger partial charge in [-0.1, -0.05) is 47.5 Å². The van der Waals surface area contributed by atoms with Gasteiger partial charge in [0.25, 0.3) is 5.24 Å². The maximum absolute atomic E-state index is 13.4. The van der Waals surface area contributed by atoms with Crippen molar-refractivity contribution in [1.29, 1.82) is 0 Å². The van der Waals surface area contributed by atoms with Crippen LogP contribution in [0.4, 0.5) is 4.79 Å². The molecule has 0 saturated carbocycles. The van der Waals surface area contributed by atoms with Crippen molar-refractivity contribution in [3.05, 3.63) is 125 Å². The number of ether oxygens (including phenoxy) is 1. The molecular formula is C36H36ClN3O3. The first-order chi connectivity index (χ1) is 20.9. The summed E-state index contributed by atoms with van der Waals surface area (Å²) in [7, 11) is 0. The van der Waals surface area contributed by atoms with E-state index < -0.39 is 5.24 Å². The average molecular weight is 594 g/mol. The Morgan fingerprint density at radius 2 is 1.58 bits per heavy atom. The van der Waals surface area contributed by atoms with Crippen LogP contribution in [0.15, 0.2) is 91.3 Å². The van der Waals surface area contributed by atoms with Crippen LogP contribution >= 0.6 is 11.6 Å². The molecule has 1 amide bonds. The third kappa shape index (κ3) is 7.90. The Bertz CT molecular complexity index is 1680. The van der Waals surface area contributed by atoms with Crippen molar-refractivity contribution in [2.24, 2.45) is 0 Å². The monoisotopic (exact) mass is 593 g/mol. The van der Waals surface area contributed by atoms with E-state index in [2.05, 4.69) is 42.0 Å². The first-order valence-corrected chi connectivity index (χ1v) is 15.0. The molecular weight excluding hydrogens is 558 g/mol. The number of halogens is 1. The number of carbonyl (C=O) groups excluding carboxylic acids is 2. The van der Waals surface area contributed by atoms with Gasteiger partial charge in [0.2, 0.25) is 0 Å². The SMILES string of the molecule is Cc1cc(C)cc(-c2[nH]c3ccc(C(=O)Cl)cc3c2CCN(CCCCc2ccncc2)C(=O)OCc2ccccc2)c1. The lowest BCUT2D eigenvalue weighted by atomic mass is 9.98. The number of nitrogens with one attached hydrogen (secondary N) is 1. The highest BCUT2D eigenvalue weighted by Gasteiger charge is 2.20. The number of aromatic nitrogens is 2. The summed E-state index contributed by atoms with van der Waals surface area (Å²) in [6.07, 6.45) is 6.55. The molecule has 220 valence electrons. The molecule has 0 spiro atoms. The van der Waals surface area contributed by atoms with Crippen LogP contribution in [0.5, 0.6) is 0 Å². The number of nitrogens with zero attached hydrogens (tertiary/aromatic N) is 2. The highest BCUT2D eigenvalue weighted by atomic mass is 35.5. The Hall–Kier alpha value is -4.42. The zero-order valence-electron chi connectivity index (χ0n) is 24.6. The molecule has 3 aromatic carbocycles. The number of H-pyrrole nitrogens is 1. The number of carbonyl (C=O) groups is 2. The molecule has 2 heterocycles. The van der Waals surface area contributed by atoms with Gasteiger partial charge in [-0.2, -0.15) is 0 Å². The number of aryl methyl sites for hydroxylation is 3. The lowest BCUT2D eigenvalue weighted by molar-refractivity contribution is 0.0959. The number of aromatic amines is 1. The van der Waals surface area contributed by atoms with Crippen molar-refractivity contribution >= 4 is 33.8 Å². The van der Waals surface area contributed by atoms with Gasteiger partial charge in [-0.05, 0) is 116 Å². The van der Waals surface area contributed by atoms with Crippen LogP contribution in [0.3, 0.4) is 0 Å². The zero-order valence-corrected chi connectivity index (χ0v) is 25.4. The number of fused-ring (bicyclic) bond motifs is 1. The second-order valence-electron chi connectivity index (χ2n) is 11.0. The quantitative estimate of drug-likeness (QED) is 0.116. The summed E-state index contributed by atoms with van der Waals surface area (Å²) in [6.45, 7) is 5.42. The van der Waals surface area contributed by atoms with Crippen molar-refractivity contribution < 1.29 is 14.3 Å². The summed E-state index contributed by atoms with van der Waals surface area (Å²) in [6, 6.07) is 25.7. The summed E-state index contributed by atoms with van der Waals surface area (Å²) >= 11 is 5.87. The maximum Gasteiger partial charge on any atom is 0.410 e. The normalized spacial score (nSPS) is 11.0. The molecule has 0 radical (unpaired) electrons. The molecule has 0 saturated heterocycles. The highest BCUT2D eigenvalue weighted by Crippen LogP contribution is 2.33. The van der Waals surface area contributed by atoms with Gasteiger partial charge < -0.3 is 14.6 Å².